The second kappa shape index (κ2) is 14.6. The second-order valence-electron chi connectivity index (χ2n) is 15.0. The molecule has 57 heavy (non-hydrogen) atoms. The first-order valence-corrected chi connectivity index (χ1v) is 22.3. The van der Waals surface area contributed by atoms with E-state index in [1.54, 1.807) is 0 Å². The van der Waals surface area contributed by atoms with E-state index < -0.39 is 6.04 Å². The van der Waals surface area contributed by atoms with Gasteiger partial charge in [0.05, 0.1) is 0 Å². The topological polar surface area (TPSA) is 0 Å². The van der Waals surface area contributed by atoms with E-state index in [4.69, 9.17) is 11.8 Å². The molecule has 0 amide bonds. The van der Waals surface area contributed by atoms with Crippen molar-refractivity contribution in [3.63, 3.8) is 0 Å². The minimum Gasteiger partial charge on any atom is -0.0826 e. The van der Waals surface area contributed by atoms with Crippen LogP contribution in [0.25, 0.3) is 77.9 Å². The SMILES string of the molecule is Cc1ccc(P2(=S)c3ccc(cc3)-c3ccc(cc3)-c3ccc(cc3)-c3ccc(cc3)-c3ccc(cc3)-c3ccc(cc3)-c3ccc(cc3)-c3ccc2cc3)cc1. The fourth-order valence-electron chi connectivity index (χ4n) is 8.06. The maximum absolute atomic E-state index is 6.80. The lowest BCUT2D eigenvalue weighted by Crippen LogP contribution is -2.24. The van der Waals surface area contributed by atoms with E-state index in [0.29, 0.717) is 0 Å². The molecule has 0 saturated heterocycles. The second-order valence-corrected chi connectivity index (χ2v) is 19.4. The van der Waals surface area contributed by atoms with Crippen molar-refractivity contribution in [1.29, 1.82) is 0 Å². The zero-order chi connectivity index (χ0) is 38.3. The summed E-state index contributed by atoms with van der Waals surface area (Å²) in [5.41, 5.74) is 18.1. The van der Waals surface area contributed by atoms with Gasteiger partial charge in [0.2, 0.25) is 0 Å². The molecule has 9 aromatic carbocycles. The number of rotatable bonds is 1. The minimum absolute atomic E-state index is 1.18. The monoisotopic (exact) mass is 762 g/mol. The van der Waals surface area contributed by atoms with Gasteiger partial charge in [-0.2, -0.15) is 0 Å². The van der Waals surface area contributed by atoms with Crippen LogP contribution >= 0.6 is 6.04 Å². The van der Waals surface area contributed by atoms with Gasteiger partial charge in [-0.15, -0.1) is 0 Å². The van der Waals surface area contributed by atoms with Crippen molar-refractivity contribution < 1.29 is 0 Å². The number of hydrogen-bond acceptors (Lipinski definition) is 1. The van der Waals surface area contributed by atoms with Gasteiger partial charge in [-0.1, -0.05) is 236 Å². The molecule has 13 aliphatic rings. The number of benzene rings is 9. The van der Waals surface area contributed by atoms with Crippen LogP contribution in [0.4, 0.5) is 0 Å². The van der Waals surface area contributed by atoms with Gasteiger partial charge in [-0.05, 0) is 101 Å². The molecule has 0 unspecified atom stereocenters. The molecule has 16 bridgehead atoms. The van der Waals surface area contributed by atoms with Crippen LogP contribution < -0.4 is 15.9 Å². The van der Waals surface area contributed by atoms with Gasteiger partial charge in [0.25, 0.3) is 0 Å². The van der Waals surface area contributed by atoms with Crippen molar-refractivity contribution in [3.05, 3.63) is 224 Å². The molecule has 0 fully saturated rings. The maximum Gasteiger partial charge on any atom is 0.0379 e. The molecule has 13 heterocycles. The molecule has 2 heteroatoms. The van der Waals surface area contributed by atoms with Crippen molar-refractivity contribution in [3.8, 4) is 77.9 Å². The standard InChI is InChI=1S/C55H39PS/c1-38-2-32-53(33-3-38)56(57)54-34-28-51(29-35-54)49-24-20-47(21-25-49)45-16-12-43(13-17-45)41-8-4-39(5-9-41)40-6-10-42(11-7-40)44-14-18-46(19-15-44)48-22-26-50(27-23-48)52-30-36-55(56)37-31-52/h2-37H,1H3. The molecule has 0 spiro atoms. The zero-order valence-electron chi connectivity index (χ0n) is 31.6. The van der Waals surface area contributed by atoms with E-state index in [2.05, 4.69) is 225 Å². The number of hydrogen-bond donors (Lipinski definition) is 0. The summed E-state index contributed by atoms with van der Waals surface area (Å²) in [5.74, 6) is 0. The molecule has 270 valence electrons. The van der Waals surface area contributed by atoms with Gasteiger partial charge in [0.1, 0.15) is 0 Å². The fourth-order valence-corrected chi connectivity index (χ4v) is 11.8. The first-order valence-electron chi connectivity index (χ1n) is 19.5. The third-order valence-electron chi connectivity index (χ3n) is 11.5. The minimum atomic E-state index is -2.33. The molecule has 0 aromatic heterocycles. The van der Waals surface area contributed by atoms with E-state index in [1.807, 2.05) is 0 Å². The van der Waals surface area contributed by atoms with Crippen LogP contribution in [0.3, 0.4) is 0 Å². The third-order valence-corrected chi connectivity index (χ3v) is 16.5. The van der Waals surface area contributed by atoms with E-state index in [1.165, 1.54) is 99.4 Å². The first kappa shape index (κ1) is 35.1. The highest BCUT2D eigenvalue weighted by Crippen LogP contribution is 2.44. The Labute approximate surface area is 340 Å². The van der Waals surface area contributed by atoms with Gasteiger partial charge < -0.3 is 0 Å². The van der Waals surface area contributed by atoms with Crippen molar-refractivity contribution in [2.45, 2.75) is 6.92 Å². The van der Waals surface area contributed by atoms with Gasteiger partial charge in [-0.3, -0.25) is 0 Å². The molecule has 13 aliphatic heterocycles. The Balaban J connectivity index is 1.05. The molecule has 0 N–H and O–H groups in total. The van der Waals surface area contributed by atoms with Crippen molar-refractivity contribution in [2.24, 2.45) is 0 Å². The lowest BCUT2D eigenvalue weighted by molar-refractivity contribution is 1.49. The molecule has 9 aromatic rings. The lowest BCUT2D eigenvalue weighted by atomic mass is 9.95. The van der Waals surface area contributed by atoms with Crippen LogP contribution in [0.15, 0.2) is 218 Å². The maximum atomic E-state index is 6.80. The molecule has 22 rings (SSSR count). The molecule has 0 saturated carbocycles. The van der Waals surface area contributed by atoms with Crippen molar-refractivity contribution in [1.82, 2.24) is 0 Å². The Hall–Kier alpha value is -6.37. The van der Waals surface area contributed by atoms with Crippen molar-refractivity contribution in [2.75, 3.05) is 0 Å². The van der Waals surface area contributed by atoms with Crippen LogP contribution in [-0.2, 0) is 11.8 Å². The largest absolute Gasteiger partial charge is 0.0826 e. The smallest absolute Gasteiger partial charge is 0.0379 e. The van der Waals surface area contributed by atoms with Crippen LogP contribution in [0, 0.1) is 6.92 Å². The van der Waals surface area contributed by atoms with Gasteiger partial charge >= 0.3 is 0 Å². The Bertz CT molecular complexity index is 2690. The summed E-state index contributed by atoms with van der Waals surface area (Å²) in [6.45, 7) is 2.13. The van der Waals surface area contributed by atoms with Crippen LogP contribution in [0.2, 0.25) is 0 Å². The van der Waals surface area contributed by atoms with Crippen molar-refractivity contribution >= 4 is 33.8 Å². The zero-order valence-corrected chi connectivity index (χ0v) is 33.4. The van der Waals surface area contributed by atoms with Gasteiger partial charge in [0, 0.05) is 6.04 Å². The molecule has 0 aliphatic carbocycles. The molecule has 0 radical (unpaired) electrons. The van der Waals surface area contributed by atoms with Crippen LogP contribution in [-0.4, -0.2) is 0 Å². The highest BCUT2D eigenvalue weighted by atomic mass is 32.4. The van der Waals surface area contributed by atoms with E-state index >= 15 is 0 Å². The number of aryl methyl sites for hydroxylation is 1. The fraction of sp³-hybridized carbons (Fsp3) is 0.0182. The van der Waals surface area contributed by atoms with Gasteiger partial charge in [-0.25, -0.2) is 0 Å². The summed E-state index contributed by atoms with van der Waals surface area (Å²) in [6, 6.07) is 77.9. The summed E-state index contributed by atoms with van der Waals surface area (Å²) in [7, 11) is 0. The van der Waals surface area contributed by atoms with Gasteiger partial charge in [0.15, 0.2) is 0 Å². The summed E-state index contributed by atoms with van der Waals surface area (Å²) < 4.78 is 0. The quantitative estimate of drug-likeness (QED) is 0.150. The Morgan fingerprint density at radius 2 is 0.333 bits per heavy atom. The summed E-state index contributed by atoms with van der Waals surface area (Å²) in [4.78, 5) is 0. The summed E-state index contributed by atoms with van der Waals surface area (Å²) >= 11 is 6.80. The predicted molar refractivity (Wildman–Crippen MR) is 249 cm³/mol. The highest BCUT2D eigenvalue weighted by molar-refractivity contribution is 8.25. The van der Waals surface area contributed by atoms with E-state index in [0.717, 1.165) is 0 Å². The highest BCUT2D eigenvalue weighted by Gasteiger charge is 2.25. The van der Waals surface area contributed by atoms with Crippen LogP contribution in [0.1, 0.15) is 5.56 Å². The Kier molecular flexibility index (Phi) is 8.99. The Morgan fingerprint density at radius 1 is 0.211 bits per heavy atom. The molecule has 0 nitrogen and oxygen atoms in total. The third kappa shape index (κ3) is 6.70. The predicted octanol–water partition coefficient (Wildman–Crippen LogP) is 13.7. The molecular formula is C55H39PS. The first-order chi connectivity index (χ1) is 28.0. The van der Waals surface area contributed by atoms with Crippen LogP contribution in [0.5, 0.6) is 0 Å². The molecule has 0 atom stereocenters. The summed E-state index contributed by atoms with van der Waals surface area (Å²) in [5, 5.41) is 3.59. The van der Waals surface area contributed by atoms with E-state index in [-0.39, 0.29) is 0 Å². The summed E-state index contributed by atoms with van der Waals surface area (Å²) in [6.07, 6.45) is 0. The normalized spacial score (nSPS) is 12.5. The lowest BCUT2D eigenvalue weighted by Gasteiger charge is -2.25. The molecular weight excluding hydrogens is 724 g/mol. The average Bonchev–Trinajstić information content (AvgIpc) is 3.29. The Morgan fingerprint density at radius 3 is 0.491 bits per heavy atom. The average molecular weight is 763 g/mol. The van der Waals surface area contributed by atoms with E-state index in [9.17, 15) is 0 Å².